The Balaban J connectivity index is 1.68. The molecule has 5 heteroatoms. The van der Waals surface area contributed by atoms with Crippen LogP contribution in [0, 0.1) is 0 Å². The molecule has 21 heavy (non-hydrogen) atoms. The zero-order valence-electron chi connectivity index (χ0n) is 11.4. The molecule has 5 nitrogen and oxygen atoms in total. The van der Waals surface area contributed by atoms with Gasteiger partial charge in [-0.15, -0.1) is 0 Å². The van der Waals surface area contributed by atoms with Crippen molar-refractivity contribution in [1.82, 2.24) is 5.32 Å². The average molecular weight is 284 g/mol. The summed E-state index contributed by atoms with van der Waals surface area (Å²) in [6.07, 6.45) is 0. The van der Waals surface area contributed by atoms with Gasteiger partial charge in [0.2, 0.25) is 0 Å². The van der Waals surface area contributed by atoms with Crippen molar-refractivity contribution in [3.05, 3.63) is 59.7 Å². The van der Waals surface area contributed by atoms with Crippen LogP contribution in [0.5, 0.6) is 11.5 Å². The van der Waals surface area contributed by atoms with Gasteiger partial charge in [-0.1, -0.05) is 30.3 Å². The summed E-state index contributed by atoms with van der Waals surface area (Å²) in [5.41, 5.74) is 7.16. The number of nitrogens with one attached hydrogen (secondary N) is 1. The Morgan fingerprint density at radius 1 is 1.29 bits per heavy atom. The van der Waals surface area contributed by atoms with Crippen molar-refractivity contribution in [1.29, 1.82) is 0 Å². The summed E-state index contributed by atoms with van der Waals surface area (Å²) >= 11 is 0. The Hall–Kier alpha value is -2.69. The molecule has 0 unspecified atom stereocenters. The monoisotopic (exact) mass is 284 g/mol. The first-order valence-electron chi connectivity index (χ1n) is 6.72. The topological polar surface area (TPSA) is 73.6 Å². The second-order valence-corrected chi connectivity index (χ2v) is 4.85. The lowest BCUT2D eigenvalue weighted by Gasteiger charge is -2.10. The first kappa shape index (κ1) is 13.3. The Morgan fingerprint density at radius 3 is 2.86 bits per heavy atom. The minimum atomic E-state index is -0.555. The van der Waals surface area contributed by atoms with Crippen LogP contribution in [0.3, 0.4) is 0 Å². The third-order valence-electron chi connectivity index (χ3n) is 3.33. The SMILES string of the molecule is NC(=O)N[C@@H]1COc2cc(OCc3ccccc3)ccc21. The maximum atomic E-state index is 10.9. The molecule has 0 aromatic heterocycles. The van der Waals surface area contributed by atoms with Gasteiger partial charge in [0.25, 0.3) is 0 Å². The summed E-state index contributed by atoms with van der Waals surface area (Å²) in [6, 6.07) is 14.8. The number of urea groups is 1. The van der Waals surface area contributed by atoms with Gasteiger partial charge in [-0.3, -0.25) is 0 Å². The van der Waals surface area contributed by atoms with Crippen LogP contribution < -0.4 is 20.5 Å². The molecule has 0 fully saturated rings. The predicted molar refractivity (Wildman–Crippen MR) is 78.2 cm³/mol. The number of rotatable bonds is 4. The highest BCUT2D eigenvalue weighted by molar-refractivity contribution is 5.72. The molecular weight excluding hydrogens is 268 g/mol. The fourth-order valence-electron chi connectivity index (χ4n) is 2.31. The molecule has 1 aliphatic rings. The third kappa shape index (κ3) is 3.08. The van der Waals surface area contributed by atoms with Gasteiger partial charge in [-0.2, -0.15) is 0 Å². The quantitative estimate of drug-likeness (QED) is 0.905. The number of hydrogen-bond acceptors (Lipinski definition) is 3. The number of benzene rings is 2. The first-order chi connectivity index (χ1) is 10.2. The van der Waals surface area contributed by atoms with E-state index in [-0.39, 0.29) is 6.04 Å². The van der Waals surface area contributed by atoms with Crippen LogP contribution in [0.25, 0.3) is 0 Å². The molecule has 3 rings (SSSR count). The number of primary amides is 1. The van der Waals surface area contributed by atoms with Crippen molar-refractivity contribution in [3.8, 4) is 11.5 Å². The molecule has 1 heterocycles. The summed E-state index contributed by atoms with van der Waals surface area (Å²) in [4.78, 5) is 10.9. The van der Waals surface area contributed by atoms with Crippen molar-refractivity contribution in [3.63, 3.8) is 0 Å². The van der Waals surface area contributed by atoms with Gasteiger partial charge in [0.15, 0.2) is 0 Å². The van der Waals surface area contributed by atoms with Gasteiger partial charge in [-0.25, -0.2) is 4.79 Å². The van der Waals surface area contributed by atoms with Crippen molar-refractivity contribution in [2.45, 2.75) is 12.6 Å². The predicted octanol–water partition coefficient (Wildman–Crippen LogP) is 2.37. The minimum absolute atomic E-state index is 0.194. The van der Waals surface area contributed by atoms with E-state index in [0.29, 0.717) is 13.2 Å². The fourth-order valence-corrected chi connectivity index (χ4v) is 2.31. The smallest absolute Gasteiger partial charge is 0.312 e. The normalized spacial score (nSPS) is 15.9. The molecular formula is C16H16N2O3. The van der Waals surface area contributed by atoms with Gasteiger partial charge >= 0.3 is 6.03 Å². The zero-order chi connectivity index (χ0) is 14.7. The van der Waals surface area contributed by atoms with E-state index < -0.39 is 6.03 Å². The lowest BCUT2D eigenvalue weighted by atomic mass is 10.1. The average Bonchev–Trinajstić information content (AvgIpc) is 2.88. The standard InChI is InChI=1S/C16H16N2O3/c17-16(19)18-14-10-21-15-8-12(6-7-13(14)15)20-9-11-4-2-1-3-5-11/h1-8,14H,9-10H2,(H3,17,18,19)/t14-/m1/s1. The molecule has 0 spiro atoms. The van der Waals surface area contributed by atoms with Crippen molar-refractivity contribution in [2.75, 3.05) is 6.61 Å². The second kappa shape index (κ2) is 5.75. The number of amides is 2. The summed E-state index contributed by atoms with van der Waals surface area (Å²) < 4.78 is 11.3. The molecule has 3 N–H and O–H groups in total. The molecule has 1 atom stereocenters. The zero-order valence-corrected chi connectivity index (χ0v) is 11.4. The number of carbonyl (C=O) groups is 1. The van der Waals surface area contributed by atoms with Crippen molar-refractivity contribution >= 4 is 6.03 Å². The van der Waals surface area contributed by atoms with E-state index in [1.54, 1.807) is 0 Å². The summed E-state index contributed by atoms with van der Waals surface area (Å²) in [5, 5.41) is 2.65. The number of hydrogen-bond donors (Lipinski definition) is 2. The maximum Gasteiger partial charge on any atom is 0.312 e. The van der Waals surface area contributed by atoms with Gasteiger partial charge in [0.05, 0.1) is 6.04 Å². The fraction of sp³-hybridized carbons (Fsp3) is 0.188. The molecule has 0 radical (unpaired) electrons. The van der Waals surface area contributed by atoms with E-state index in [1.165, 1.54) is 0 Å². The molecule has 2 aromatic carbocycles. The molecule has 1 aliphatic heterocycles. The van der Waals surface area contributed by atoms with Crippen LogP contribution in [0.4, 0.5) is 4.79 Å². The molecule has 108 valence electrons. The Bertz CT molecular complexity index is 643. The van der Waals surface area contributed by atoms with Gasteiger partial charge in [0, 0.05) is 11.6 Å². The van der Waals surface area contributed by atoms with Crippen LogP contribution in [0.2, 0.25) is 0 Å². The van der Waals surface area contributed by atoms with Gasteiger partial charge in [-0.05, 0) is 17.7 Å². The first-order valence-corrected chi connectivity index (χ1v) is 6.72. The molecule has 0 saturated carbocycles. The minimum Gasteiger partial charge on any atom is -0.491 e. The number of ether oxygens (including phenoxy) is 2. The maximum absolute atomic E-state index is 10.9. The lowest BCUT2D eigenvalue weighted by molar-refractivity contribution is 0.240. The van der Waals surface area contributed by atoms with E-state index in [1.807, 2.05) is 48.5 Å². The highest BCUT2D eigenvalue weighted by Crippen LogP contribution is 2.35. The molecule has 0 aliphatic carbocycles. The summed E-state index contributed by atoms with van der Waals surface area (Å²) in [7, 11) is 0. The van der Waals surface area contributed by atoms with E-state index in [0.717, 1.165) is 22.6 Å². The van der Waals surface area contributed by atoms with Gasteiger partial charge < -0.3 is 20.5 Å². The number of fused-ring (bicyclic) bond motifs is 1. The summed E-state index contributed by atoms with van der Waals surface area (Å²) in [6.45, 7) is 0.892. The van der Waals surface area contributed by atoms with Crippen molar-refractivity contribution in [2.24, 2.45) is 5.73 Å². The number of carbonyl (C=O) groups excluding carboxylic acids is 1. The van der Waals surface area contributed by atoms with Crippen molar-refractivity contribution < 1.29 is 14.3 Å². The Labute approximate surface area is 122 Å². The van der Waals surface area contributed by atoms with Crippen LogP contribution in [0.15, 0.2) is 48.5 Å². The van der Waals surface area contributed by atoms with E-state index in [4.69, 9.17) is 15.2 Å². The molecule has 2 amide bonds. The molecule has 0 bridgehead atoms. The van der Waals surface area contributed by atoms with Crippen LogP contribution in [0.1, 0.15) is 17.2 Å². The lowest BCUT2D eigenvalue weighted by Crippen LogP contribution is -2.33. The van der Waals surface area contributed by atoms with E-state index in [2.05, 4.69) is 5.32 Å². The second-order valence-electron chi connectivity index (χ2n) is 4.85. The van der Waals surface area contributed by atoms with Crippen LogP contribution in [-0.4, -0.2) is 12.6 Å². The Kier molecular flexibility index (Phi) is 3.64. The van der Waals surface area contributed by atoms with Crippen LogP contribution >= 0.6 is 0 Å². The Morgan fingerprint density at radius 2 is 2.10 bits per heavy atom. The third-order valence-corrected chi connectivity index (χ3v) is 3.33. The largest absolute Gasteiger partial charge is 0.491 e. The van der Waals surface area contributed by atoms with E-state index >= 15 is 0 Å². The van der Waals surface area contributed by atoms with E-state index in [9.17, 15) is 4.79 Å². The molecule has 0 saturated heterocycles. The highest BCUT2D eigenvalue weighted by Gasteiger charge is 2.25. The molecule has 2 aromatic rings. The number of nitrogens with two attached hydrogens (primary N) is 1. The summed E-state index contributed by atoms with van der Waals surface area (Å²) in [5.74, 6) is 1.46. The van der Waals surface area contributed by atoms with Crippen LogP contribution in [-0.2, 0) is 6.61 Å². The van der Waals surface area contributed by atoms with Gasteiger partial charge in [0.1, 0.15) is 24.7 Å². The highest BCUT2D eigenvalue weighted by atomic mass is 16.5.